The van der Waals surface area contributed by atoms with Gasteiger partial charge >= 0.3 is 5.97 Å². The Morgan fingerprint density at radius 3 is 2.57 bits per heavy atom. The molecule has 82 valence electrons. The van der Waals surface area contributed by atoms with Gasteiger partial charge in [-0.25, -0.2) is 0 Å². The van der Waals surface area contributed by atoms with E-state index >= 15 is 0 Å². The van der Waals surface area contributed by atoms with Crippen LogP contribution in [-0.2, 0) is 9.53 Å². The fourth-order valence-electron chi connectivity index (χ4n) is 2.50. The lowest BCUT2D eigenvalue weighted by Crippen LogP contribution is -2.31. The van der Waals surface area contributed by atoms with Gasteiger partial charge in [-0.2, -0.15) is 0 Å². The Hall–Kier alpha value is -0.530. The first-order chi connectivity index (χ1) is 6.66. The lowest BCUT2D eigenvalue weighted by atomic mass is 9.73. The number of carbonyl (C=O) groups is 1. The fourth-order valence-corrected chi connectivity index (χ4v) is 2.50. The lowest BCUT2D eigenvalue weighted by molar-refractivity contribution is -0.152. The molecule has 14 heavy (non-hydrogen) atoms. The van der Waals surface area contributed by atoms with Crippen LogP contribution in [0.25, 0.3) is 0 Å². The molecule has 0 amide bonds. The standard InChI is InChI=1S/C12H22O2/c1-4-14-12(13)11-8-6-5-7-10(11)9(2)3/h9-11H,4-8H2,1-3H3/t10-,11?/m0/s1. The van der Waals surface area contributed by atoms with E-state index in [1.54, 1.807) is 0 Å². The van der Waals surface area contributed by atoms with E-state index in [2.05, 4.69) is 13.8 Å². The van der Waals surface area contributed by atoms with Gasteiger partial charge in [0.2, 0.25) is 0 Å². The molecule has 0 heterocycles. The second-order valence-electron chi connectivity index (χ2n) is 4.55. The van der Waals surface area contributed by atoms with Crippen LogP contribution in [0.4, 0.5) is 0 Å². The Labute approximate surface area is 87.0 Å². The average Bonchev–Trinajstić information content (AvgIpc) is 2.18. The van der Waals surface area contributed by atoms with Crippen molar-refractivity contribution in [2.45, 2.75) is 46.5 Å². The molecule has 0 radical (unpaired) electrons. The molecule has 2 nitrogen and oxygen atoms in total. The molecule has 0 aromatic rings. The van der Waals surface area contributed by atoms with Crippen LogP contribution >= 0.6 is 0 Å². The van der Waals surface area contributed by atoms with E-state index in [9.17, 15) is 4.79 Å². The Balaban J connectivity index is 2.57. The highest BCUT2D eigenvalue weighted by Gasteiger charge is 2.33. The Kier molecular flexibility index (Phi) is 4.43. The number of ether oxygens (including phenoxy) is 1. The Bertz CT molecular complexity index is 187. The van der Waals surface area contributed by atoms with Crippen molar-refractivity contribution >= 4 is 5.97 Å². The smallest absolute Gasteiger partial charge is 0.309 e. The molecule has 0 N–H and O–H groups in total. The summed E-state index contributed by atoms with van der Waals surface area (Å²) >= 11 is 0. The predicted octanol–water partition coefficient (Wildman–Crippen LogP) is 3.01. The molecule has 0 saturated heterocycles. The predicted molar refractivity (Wildman–Crippen MR) is 56.9 cm³/mol. The fraction of sp³-hybridized carbons (Fsp3) is 0.917. The molecule has 1 aliphatic rings. The zero-order valence-corrected chi connectivity index (χ0v) is 9.58. The van der Waals surface area contributed by atoms with Crippen LogP contribution in [0, 0.1) is 17.8 Å². The van der Waals surface area contributed by atoms with Gasteiger partial charge in [-0.15, -0.1) is 0 Å². The minimum atomic E-state index is 0.0332. The SMILES string of the molecule is CCOC(=O)C1CCCC[C@H]1C(C)C. The Morgan fingerprint density at radius 2 is 2.00 bits per heavy atom. The van der Waals surface area contributed by atoms with E-state index in [0.717, 1.165) is 6.42 Å². The van der Waals surface area contributed by atoms with E-state index in [1.165, 1.54) is 19.3 Å². The zero-order valence-electron chi connectivity index (χ0n) is 9.58. The van der Waals surface area contributed by atoms with Crippen molar-refractivity contribution in [1.29, 1.82) is 0 Å². The molecule has 1 fully saturated rings. The van der Waals surface area contributed by atoms with Crippen LogP contribution in [0.15, 0.2) is 0 Å². The van der Waals surface area contributed by atoms with Gasteiger partial charge in [-0.3, -0.25) is 4.79 Å². The van der Waals surface area contributed by atoms with Crippen LogP contribution in [0.3, 0.4) is 0 Å². The molecule has 2 heteroatoms. The van der Waals surface area contributed by atoms with Gasteiger partial charge in [0.25, 0.3) is 0 Å². The van der Waals surface area contributed by atoms with Gasteiger partial charge in [0.1, 0.15) is 0 Å². The maximum absolute atomic E-state index is 11.7. The first kappa shape index (κ1) is 11.5. The first-order valence-electron chi connectivity index (χ1n) is 5.83. The molecule has 0 bridgehead atoms. The van der Waals surface area contributed by atoms with Crippen LogP contribution in [0.5, 0.6) is 0 Å². The summed E-state index contributed by atoms with van der Waals surface area (Å²) in [6.45, 7) is 6.82. The molecule has 1 rings (SSSR count). The number of hydrogen-bond acceptors (Lipinski definition) is 2. The second kappa shape index (κ2) is 5.38. The minimum Gasteiger partial charge on any atom is -0.466 e. The second-order valence-corrected chi connectivity index (χ2v) is 4.55. The van der Waals surface area contributed by atoms with Gasteiger partial charge < -0.3 is 4.74 Å². The highest BCUT2D eigenvalue weighted by atomic mass is 16.5. The largest absolute Gasteiger partial charge is 0.466 e. The quantitative estimate of drug-likeness (QED) is 0.652. The highest BCUT2D eigenvalue weighted by molar-refractivity contribution is 5.72. The molecule has 0 spiro atoms. The third kappa shape index (κ3) is 2.73. The Morgan fingerprint density at radius 1 is 1.36 bits per heavy atom. The summed E-state index contributed by atoms with van der Waals surface area (Å²) in [6.07, 6.45) is 4.69. The van der Waals surface area contributed by atoms with E-state index < -0.39 is 0 Å². The molecular weight excluding hydrogens is 176 g/mol. The van der Waals surface area contributed by atoms with E-state index in [-0.39, 0.29) is 11.9 Å². The van der Waals surface area contributed by atoms with Crippen molar-refractivity contribution in [2.24, 2.45) is 17.8 Å². The topological polar surface area (TPSA) is 26.3 Å². The minimum absolute atomic E-state index is 0.0332. The van der Waals surface area contributed by atoms with Crippen LogP contribution in [0.1, 0.15) is 46.5 Å². The van der Waals surface area contributed by atoms with Crippen molar-refractivity contribution < 1.29 is 9.53 Å². The third-order valence-electron chi connectivity index (χ3n) is 3.27. The van der Waals surface area contributed by atoms with Crippen molar-refractivity contribution in [1.82, 2.24) is 0 Å². The maximum atomic E-state index is 11.7. The highest BCUT2D eigenvalue weighted by Crippen LogP contribution is 2.35. The molecule has 1 aliphatic carbocycles. The van der Waals surface area contributed by atoms with Gasteiger partial charge in [0.05, 0.1) is 12.5 Å². The molecule has 0 aromatic heterocycles. The average molecular weight is 198 g/mol. The van der Waals surface area contributed by atoms with E-state index in [4.69, 9.17) is 4.74 Å². The van der Waals surface area contributed by atoms with Gasteiger partial charge in [-0.05, 0) is 31.6 Å². The van der Waals surface area contributed by atoms with Crippen molar-refractivity contribution in [3.63, 3.8) is 0 Å². The van der Waals surface area contributed by atoms with Crippen LogP contribution < -0.4 is 0 Å². The lowest BCUT2D eigenvalue weighted by Gasteiger charge is -2.32. The van der Waals surface area contributed by atoms with Crippen molar-refractivity contribution in [3.8, 4) is 0 Å². The molecule has 2 atom stereocenters. The summed E-state index contributed by atoms with van der Waals surface area (Å²) in [5, 5.41) is 0. The van der Waals surface area contributed by atoms with Crippen molar-refractivity contribution in [2.75, 3.05) is 6.61 Å². The van der Waals surface area contributed by atoms with Crippen LogP contribution in [-0.4, -0.2) is 12.6 Å². The molecule has 0 aliphatic heterocycles. The van der Waals surface area contributed by atoms with E-state index in [1.807, 2.05) is 6.92 Å². The molecule has 1 unspecified atom stereocenters. The number of carbonyl (C=O) groups excluding carboxylic acids is 1. The number of rotatable bonds is 3. The molecule has 0 aromatic carbocycles. The molecule has 1 saturated carbocycles. The number of esters is 1. The summed E-state index contributed by atoms with van der Waals surface area (Å²) < 4.78 is 5.12. The van der Waals surface area contributed by atoms with E-state index in [0.29, 0.717) is 18.4 Å². The normalized spacial score (nSPS) is 27.7. The molecular formula is C12H22O2. The summed E-state index contributed by atoms with van der Waals surface area (Å²) in [4.78, 5) is 11.7. The summed E-state index contributed by atoms with van der Waals surface area (Å²) in [5.74, 6) is 1.35. The summed E-state index contributed by atoms with van der Waals surface area (Å²) in [5.41, 5.74) is 0. The zero-order chi connectivity index (χ0) is 10.6. The maximum Gasteiger partial charge on any atom is 0.309 e. The van der Waals surface area contributed by atoms with Gasteiger partial charge in [0.15, 0.2) is 0 Å². The summed E-state index contributed by atoms with van der Waals surface area (Å²) in [6, 6.07) is 0. The van der Waals surface area contributed by atoms with Crippen molar-refractivity contribution in [3.05, 3.63) is 0 Å². The summed E-state index contributed by atoms with van der Waals surface area (Å²) in [7, 11) is 0. The number of hydrogen-bond donors (Lipinski definition) is 0. The van der Waals surface area contributed by atoms with Gasteiger partial charge in [0, 0.05) is 0 Å². The van der Waals surface area contributed by atoms with Crippen LogP contribution in [0.2, 0.25) is 0 Å². The van der Waals surface area contributed by atoms with Gasteiger partial charge in [-0.1, -0.05) is 26.7 Å². The first-order valence-corrected chi connectivity index (χ1v) is 5.83. The monoisotopic (exact) mass is 198 g/mol. The third-order valence-corrected chi connectivity index (χ3v) is 3.27.